The molecule has 108 valence electrons. The van der Waals surface area contributed by atoms with Gasteiger partial charge in [-0.2, -0.15) is 0 Å². The third-order valence-corrected chi connectivity index (χ3v) is 5.78. The first-order chi connectivity index (χ1) is 9.29. The van der Waals surface area contributed by atoms with E-state index >= 15 is 0 Å². The highest BCUT2D eigenvalue weighted by atomic mass is 79.9. The van der Waals surface area contributed by atoms with Crippen molar-refractivity contribution in [2.75, 3.05) is 11.1 Å². The van der Waals surface area contributed by atoms with Crippen LogP contribution in [-0.2, 0) is 16.6 Å². The van der Waals surface area contributed by atoms with Gasteiger partial charge in [-0.25, -0.2) is 13.6 Å². The maximum atomic E-state index is 11.5. The average Bonchev–Trinajstić information content (AvgIpc) is 2.74. The van der Waals surface area contributed by atoms with Gasteiger partial charge >= 0.3 is 0 Å². The highest BCUT2D eigenvalue weighted by Crippen LogP contribution is 2.28. The molecule has 8 heteroatoms. The number of nitrogens with one attached hydrogen (secondary N) is 1. The molecular formula is C12H14BrN3O2S2. The topological polar surface area (TPSA) is 98.2 Å². The molecule has 1 aromatic carbocycles. The number of nitrogen functional groups attached to an aromatic ring is 1. The molecule has 0 aliphatic carbocycles. The predicted octanol–water partition coefficient (Wildman–Crippen LogP) is 2.66. The lowest BCUT2D eigenvalue weighted by Gasteiger charge is -2.13. The standard InChI is InChI=1S/C12H14BrN3O2S2/c1-7-10(16-6-11-9(13)2-3-19-11)4-8(14)5-12(7)20(15,17)18/h2-5,16H,6,14H2,1H3,(H2,15,17,18). The summed E-state index contributed by atoms with van der Waals surface area (Å²) < 4.78 is 24.1. The van der Waals surface area contributed by atoms with Crippen LogP contribution in [0.25, 0.3) is 0 Å². The molecule has 0 aliphatic rings. The summed E-state index contributed by atoms with van der Waals surface area (Å²) in [6.45, 7) is 2.28. The van der Waals surface area contributed by atoms with Crippen LogP contribution in [0.15, 0.2) is 32.9 Å². The third-order valence-electron chi connectivity index (χ3n) is 2.82. The van der Waals surface area contributed by atoms with Crippen molar-refractivity contribution >= 4 is 48.7 Å². The quantitative estimate of drug-likeness (QED) is 0.715. The van der Waals surface area contributed by atoms with Gasteiger partial charge in [0.05, 0.1) is 11.4 Å². The van der Waals surface area contributed by atoms with E-state index in [0.717, 1.165) is 9.35 Å². The maximum Gasteiger partial charge on any atom is 0.238 e. The molecule has 5 N–H and O–H groups in total. The van der Waals surface area contributed by atoms with Crippen molar-refractivity contribution in [1.29, 1.82) is 0 Å². The minimum Gasteiger partial charge on any atom is -0.399 e. The van der Waals surface area contributed by atoms with Gasteiger partial charge in [-0.15, -0.1) is 11.3 Å². The molecule has 0 aliphatic heterocycles. The van der Waals surface area contributed by atoms with Gasteiger partial charge in [0, 0.05) is 20.7 Å². The van der Waals surface area contributed by atoms with Crippen LogP contribution >= 0.6 is 27.3 Å². The Kier molecular flexibility index (Phi) is 4.38. The number of halogens is 1. The molecule has 0 saturated carbocycles. The zero-order valence-electron chi connectivity index (χ0n) is 10.7. The van der Waals surface area contributed by atoms with Crippen molar-refractivity contribution in [3.63, 3.8) is 0 Å². The van der Waals surface area contributed by atoms with Gasteiger partial charge < -0.3 is 11.1 Å². The number of anilines is 2. The van der Waals surface area contributed by atoms with Crippen LogP contribution in [0.5, 0.6) is 0 Å². The zero-order valence-corrected chi connectivity index (χ0v) is 13.9. The number of benzene rings is 1. The van der Waals surface area contributed by atoms with Crippen LogP contribution in [0.4, 0.5) is 11.4 Å². The second kappa shape index (κ2) is 5.72. The van der Waals surface area contributed by atoms with Crippen molar-refractivity contribution in [2.24, 2.45) is 5.14 Å². The van der Waals surface area contributed by atoms with Gasteiger partial charge in [-0.05, 0) is 52.0 Å². The van der Waals surface area contributed by atoms with Gasteiger partial charge in [0.1, 0.15) is 0 Å². The van der Waals surface area contributed by atoms with Crippen molar-refractivity contribution < 1.29 is 8.42 Å². The Morgan fingerprint density at radius 1 is 1.40 bits per heavy atom. The van der Waals surface area contributed by atoms with E-state index in [0.29, 0.717) is 23.5 Å². The molecule has 1 heterocycles. The molecule has 0 amide bonds. The van der Waals surface area contributed by atoms with Crippen molar-refractivity contribution in [3.05, 3.63) is 38.5 Å². The molecule has 1 aromatic heterocycles. The minimum atomic E-state index is -3.79. The number of hydrogen-bond acceptors (Lipinski definition) is 5. The Morgan fingerprint density at radius 3 is 2.65 bits per heavy atom. The smallest absolute Gasteiger partial charge is 0.238 e. The van der Waals surface area contributed by atoms with Crippen LogP contribution in [0.1, 0.15) is 10.4 Å². The van der Waals surface area contributed by atoms with Crippen molar-refractivity contribution in [3.8, 4) is 0 Å². The number of sulfonamides is 1. The third kappa shape index (κ3) is 3.32. The number of nitrogens with two attached hydrogens (primary N) is 2. The largest absolute Gasteiger partial charge is 0.399 e. The fourth-order valence-corrected chi connectivity index (χ4v) is 4.08. The Labute approximate surface area is 130 Å². The lowest BCUT2D eigenvalue weighted by atomic mass is 10.2. The molecule has 2 rings (SSSR count). The summed E-state index contributed by atoms with van der Waals surface area (Å²) >= 11 is 5.05. The first kappa shape index (κ1) is 15.3. The Bertz CT molecular complexity index is 741. The predicted molar refractivity (Wildman–Crippen MR) is 86.3 cm³/mol. The normalized spacial score (nSPS) is 11.6. The van der Waals surface area contributed by atoms with Gasteiger partial charge in [-0.3, -0.25) is 0 Å². The molecule has 20 heavy (non-hydrogen) atoms. The fourth-order valence-electron chi connectivity index (χ4n) is 1.81. The lowest BCUT2D eigenvalue weighted by Crippen LogP contribution is -2.15. The molecule has 0 radical (unpaired) electrons. The van der Waals surface area contributed by atoms with Gasteiger partial charge in [0.25, 0.3) is 0 Å². The lowest BCUT2D eigenvalue weighted by molar-refractivity contribution is 0.597. The second-order valence-corrected chi connectivity index (χ2v) is 7.67. The van der Waals surface area contributed by atoms with Crippen LogP contribution < -0.4 is 16.2 Å². The van der Waals surface area contributed by atoms with Crippen LogP contribution in [0.3, 0.4) is 0 Å². The Balaban J connectivity index is 2.33. The van der Waals surface area contributed by atoms with Crippen LogP contribution in [0, 0.1) is 6.92 Å². The molecule has 5 nitrogen and oxygen atoms in total. The summed E-state index contributed by atoms with van der Waals surface area (Å²) in [7, 11) is -3.79. The highest BCUT2D eigenvalue weighted by molar-refractivity contribution is 9.10. The van der Waals surface area contributed by atoms with Crippen molar-refractivity contribution in [1.82, 2.24) is 0 Å². The summed E-state index contributed by atoms with van der Waals surface area (Å²) in [5.74, 6) is 0. The summed E-state index contributed by atoms with van der Waals surface area (Å²) in [6, 6.07) is 5.03. The SMILES string of the molecule is Cc1c(NCc2sccc2Br)cc(N)cc1S(N)(=O)=O. The molecule has 0 saturated heterocycles. The van der Waals surface area contributed by atoms with Crippen molar-refractivity contribution in [2.45, 2.75) is 18.4 Å². The number of thiophene rings is 1. The monoisotopic (exact) mass is 375 g/mol. The minimum absolute atomic E-state index is 0.0465. The molecule has 0 spiro atoms. The van der Waals surface area contributed by atoms with Gasteiger partial charge in [0.2, 0.25) is 10.0 Å². The molecule has 0 atom stereocenters. The summed E-state index contributed by atoms with van der Waals surface area (Å²) in [5.41, 5.74) is 7.32. The summed E-state index contributed by atoms with van der Waals surface area (Å²) in [6.07, 6.45) is 0. The highest BCUT2D eigenvalue weighted by Gasteiger charge is 2.15. The Morgan fingerprint density at radius 2 is 2.10 bits per heavy atom. The van der Waals surface area contributed by atoms with Gasteiger partial charge in [-0.1, -0.05) is 0 Å². The van der Waals surface area contributed by atoms with E-state index in [1.54, 1.807) is 24.3 Å². The van der Waals surface area contributed by atoms with Crippen LogP contribution in [-0.4, -0.2) is 8.42 Å². The van der Waals surface area contributed by atoms with E-state index < -0.39 is 10.0 Å². The first-order valence-electron chi connectivity index (χ1n) is 5.67. The Hall–Kier alpha value is -1.09. The van der Waals surface area contributed by atoms with E-state index in [4.69, 9.17) is 10.9 Å². The molecule has 0 bridgehead atoms. The fraction of sp³-hybridized carbons (Fsp3) is 0.167. The van der Waals surface area contributed by atoms with Crippen LogP contribution in [0.2, 0.25) is 0 Å². The number of hydrogen-bond donors (Lipinski definition) is 3. The molecule has 0 unspecified atom stereocenters. The van der Waals surface area contributed by atoms with E-state index in [1.165, 1.54) is 6.07 Å². The van der Waals surface area contributed by atoms with E-state index in [1.807, 2.05) is 11.4 Å². The maximum absolute atomic E-state index is 11.5. The molecular weight excluding hydrogens is 362 g/mol. The first-order valence-corrected chi connectivity index (χ1v) is 8.89. The number of primary sulfonamides is 1. The van der Waals surface area contributed by atoms with E-state index in [9.17, 15) is 8.42 Å². The zero-order chi connectivity index (χ0) is 14.9. The molecule has 0 fully saturated rings. The summed E-state index contributed by atoms with van der Waals surface area (Å²) in [5, 5.41) is 10.4. The second-order valence-electron chi connectivity index (χ2n) is 4.28. The van der Waals surface area contributed by atoms with E-state index in [2.05, 4.69) is 21.2 Å². The van der Waals surface area contributed by atoms with Gasteiger partial charge in [0.15, 0.2) is 0 Å². The summed E-state index contributed by atoms with van der Waals surface area (Å²) in [4.78, 5) is 1.16. The van der Waals surface area contributed by atoms with E-state index in [-0.39, 0.29) is 4.90 Å². The average molecular weight is 376 g/mol. The number of rotatable bonds is 4. The molecule has 2 aromatic rings.